The average molecular weight is 490 g/mol. The van der Waals surface area contributed by atoms with Crippen LogP contribution in [-0.2, 0) is 6.42 Å². The largest absolute Gasteiger partial charge is 0.497 e. The minimum Gasteiger partial charge on any atom is -0.497 e. The van der Waals surface area contributed by atoms with Gasteiger partial charge in [0.25, 0.3) is 5.91 Å². The molecule has 6 heteroatoms. The lowest BCUT2D eigenvalue weighted by Gasteiger charge is -2.25. The molecule has 0 bridgehead atoms. The molecule has 0 fully saturated rings. The molecule has 1 unspecified atom stereocenters. The predicted octanol–water partition coefficient (Wildman–Crippen LogP) is 5.35. The van der Waals surface area contributed by atoms with E-state index in [0.29, 0.717) is 35.2 Å². The molecule has 2 heterocycles. The van der Waals surface area contributed by atoms with Gasteiger partial charge in [0.05, 0.1) is 24.1 Å². The number of fused-ring (bicyclic) bond motifs is 2. The Morgan fingerprint density at radius 1 is 1.00 bits per heavy atom. The third-order valence-corrected chi connectivity index (χ3v) is 6.34. The Kier molecular flexibility index (Phi) is 5.31. The number of rotatable bonds is 5. The van der Waals surface area contributed by atoms with E-state index in [9.17, 15) is 9.59 Å². The lowest BCUT2D eigenvalue weighted by Crippen LogP contribution is -2.31. The van der Waals surface area contributed by atoms with Crippen LogP contribution in [0.2, 0.25) is 0 Å². The Morgan fingerprint density at radius 2 is 1.75 bits per heavy atom. The third kappa shape index (κ3) is 3.50. The van der Waals surface area contributed by atoms with Crippen LogP contribution in [0.3, 0.4) is 0 Å². The van der Waals surface area contributed by atoms with E-state index in [2.05, 4.69) is 15.9 Å². The van der Waals surface area contributed by atoms with Crippen LogP contribution in [0.1, 0.15) is 33.3 Å². The smallest absolute Gasteiger partial charge is 0.290 e. The zero-order chi connectivity index (χ0) is 22.2. The van der Waals surface area contributed by atoms with Gasteiger partial charge in [-0.05, 0) is 47.9 Å². The van der Waals surface area contributed by atoms with Crippen molar-refractivity contribution in [3.63, 3.8) is 0 Å². The van der Waals surface area contributed by atoms with Crippen molar-refractivity contribution in [2.45, 2.75) is 12.5 Å². The van der Waals surface area contributed by atoms with Gasteiger partial charge in [-0.2, -0.15) is 0 Å². The van der Waals surface area contributed by atoms with Gasteiger partial charge in [-0.15, -0.1) is 0 Å². The molecular weight excluding hydrogens is 470 g/mol. The summed E-state index contributed by atoms with van der Waals surface area (Å²) < 4.78 is 12.1. The molecule has 0 N–H and O–H groups in total. The topological polar surface area (TPSA) is 59.8 Å². The first-order valence-corrected chi connectivity index (χ1v) is 11.1. The maximum atomic E-state index is 13.6. The molecule has 1 aromatic heterocycles. The highest BCUT2D eigenvalue weighted by molar-refractivity contribution is 9.10. The minimum absolute atomic E-state index is 0.124. The molecule has 1 aliphatic rings. The summed E-state index contributed by atoms with van der Waals surface area (Å²) in [6.07, 6.45) is 0.673. The number of hydrogen-bond acceptors (Lipinski definition) is 4. The fourth-order valence-corrected chi connectivity index (χ4v) is 4.61. The Labute approximate surface area is 193 Å². The number of hydrogen-bond donors (Lipinski definition) is 0. The quantitative estimate of drug-likeness (QED) is 0.379. The van der Waals surface area contributed by atoms with Crippen LogP contribution in [0.4, 0.5) is 0 Å². The molecule has 3 aromatic carbocycles. The van der Waals surface area contributed by atoms with E-state index in [0.717, 1.165) is 15.6 Å². The van der Waals surface area contributed by atoms with Crippen LogP contribution in [0.15, 0.2) is 86.5 Å². The summed E-state index contributed by atoms with van der Waals surface area (Å²) in [4.78, 5) is 28.7. The van der Waals surface area contributed by atoms with Crippen molar-refractivity contribution in [1.29, 1.82) is 0 Å². The summed E-state index contributed by atoms with van der Waals surface area (Å²) in [6.45, 7) is 0.462. The van der Waals surface area contributed by atoms with Gasteiger partial charge in [-0.3, -0.25) is 9.59 Å². The molecule has 0 saturated heterocycles. The van der Waals surface area contributed by atoms with Gasteiger partial charge in [0, 0.05) is 11.0 Å². The summed E-state index contributed by atoms with van der Waals surface area (Å²) >= 11 is 3.43. The summed E-state index contributed by atoms with van der Waals surface area (Å²) in [5, 5.41) is 0.453. The van der Waals surface area contributed by atoms with Crippen LogP contribution in [0, 0.1) is 0 Å². The number of methoxy groups -OCH3 is 1. The molecule has 0 spiro atoms. The first-order chi connectivity index (χ1) is 15.6. The Balaban J connectivity index is 1.65. The van der Waals surface area contributed by atoms with Crippen LogP contribution in [0.5, 0.6) is 5.75 Å². The Morgan fingerprint density at radius 3 is 2.47 bits per heavy atom. The Hall–Kier alpha value is -3.38. The predicted molar refractivity (Wildman–Crippen MR) is 126 cm³/mol. The SMILES string of the molecule is COc1ccc(C2c3c(oc4ccc(Br)cc4c3=O)C(=O)N2CCc2ccccc2)cc1. The van der Waals surface area contributed by atoms with Gasteiger partial charge >= 0.3 is 0 Å². The monoisotopic (exact) mass is 489 g/mol. The second-order valence-corrected chi connectivity index (χ2v) is 8.64. The first kappa shape index (κ1) is 20.5. The lowest BCUT2D eigenvalue weighted by molar-refractivity contribution is 0.0730. The number of carbonyl (C=O) groups is 1. The first-order valence-electron chi connectivity index (χ1n) is 10.3. The molecule has 0 radical (unpaired) electrons. The standard InChI is InChI=1S/C26H20BrNO4/c1-31-19-10-7-17(8-11-19)23-22-24(29)20-15-18(27)9-12-21(20)32-25(22)26(30)28(23)14-13-16-5-3-2-4-6-16/h2-12,15,23H,13-14H2,1H3. The highest BCUT2D eigenvalue weighted by Crippen LogP contribution is 2.39. The van der Waals surface area contributed by atoms with Gasteiger partial charge in [-0.1, -0.05) is 58.4 Å². The van der Waals surface area contributed by atoms with Crippen molar-refractivity contribution in [2.75, 3.05) is 13.7 Å². The van der Waals surface area contributed by atoms with Gasteiger partial charge < -0.3 is 14.1 Å². The highest BCUT2D eigenvalue weighted by atomic mass is 79.9. The maximum absolute atomic E-state index is 13.6. The van der Waals surface area contributed by atoms with Gasteiger partial charge in [0.15, 0.2) is 5.43 Å². The summed E-state index contributed by atoms with van der Waals surface area (Å²) in [5.74, 6) is 0.570. The molecular formula is C26H20BrNO4. The molecule has 0 saturated carbocycles. The van der Waals surface area contributed by atoms with Gasteiger partial charge in [0.1, 0.15) is 11.3 Å². The zero-order valence-corrected chi connectivity index (χ0v) is 19.0. The van der Waals surface area contributed by atoms with E-state index in [1.807, 2.05) is 54.6 Å². The van der Waals surface area contributed by atoms with Crippen molar-refractivity contribution >= 4 is 32.8 Å². The molecule has 1 aliphatic heterocycles. The molecule has 160 valence electrons. The molecule has 4 aromatic rings. The normalized spacial score (nSPS) is 15.2. The lowest BCUT2D eigenvalue weighted by atomic mass is 9.98. The van der Waals surface area contributed by atoms with E-state index < -0.39 is 6.04 Å². The van der Waals surface area contributed by atoms with E-state index in [4.69, 9.17) is 9.15 Å². The Bertz CT molecular complexity index is 1360. The number of nitrogens with zero attached hydrogens (tertiary/aromatic N) is 1. The number of amides is 1. The van der Waals surface area contributed by atoms with Gasteiger partial charge in [-0.25, -0.2) is 0 Å². The minimum atomic E-state index is -0.522. The van der Waals surface area contributed by atoms with Crippen LogP contribution >= 0.6 is 15.9 Å². The zero-order valence-electron chi connectivity index (χ0n) is 17.4. The third-order valence-electron chi connectivity index (χ3n) is 5.84. The second-order valence-electron chi connectivity index (χ2n) is 7.72. The summed E-state index contributed by atoms with van der Waals surface area (Å²) in [5.41, 5.74) is 2.58. The van der Waals surface area contributed by atoms with E-state index in [1.165, 1.54) is 0 Å². The van der Waals surface area contributed by atoms with Crippen molar-refractivity contribution < 1.29 is 13.9 Å². The fourth-order valence-electron chi connectivity index (χ4n) is 4.25. The molecule has 32 heavy (non-hydrogen) atoms. The van der Waals surface area contributed by atoms with Crippen LogP contribution in [0.25, 0.3) is 11.0 Å². The molecule has 0 aliphatic carbocycles. The van der Waals surface area contributed by atoms with E-state index in [-0.39, 0.29) is 17.1 Å². The molecule has 5 rings (SSSR count). The number of ether oxygens (including phenoxy) is 1. The second kappa shape index (κ2) is 8.28. The van der Waals surface area contributed by atoms with Crippen LogP contribution in [-0.4, -0.2) is 24.5 Å². The molecule has 5 nitrogen and oxygen atoms in total. The summed E-state index contributed by atoms with van der Waals surface area (Å²) in [7, 11) is 1.61. The maximum Gasteiger partial charge on any atom is 0.290 e. The van der Waals surface area contributed by atoms with Crippen molar-refractivity contribution in [3.05, 3.63) is 110 Å². The average Bonchev–Trinajstić information content (AvgIpc) is 3.10. The van der Waals surface area contributed by atoms with Crippen molar-refractivity contribution in [2.24, 2.45) is 0 Å². The van der Waals surface area contributed by atoms with Crippen molar-refractivity contribution in [3.8, 4) is 5.75 Å². The molecule has 1 amide bonds. The number of carbonyl (C=O) groups excluding carboxylic acids is 1. The van der Waals surface area contributed by atoms with Crippen molar-refractivity contribution in [1.82, 2.24) is 4.90 Å². The highest BCUT2D eigenvalue weighted by Gasteiger charge is 2.42. The van der Waals surface area contributed by atoms with E-state index >= 15 is 0 Å². The molecule has 1 atom stereocenters. The van der Waals surface area contributed by atoms with Crippen LogP contribution < -0.4 is 10.2 Å². The summed E-state index contributed by atoms with van der Waals surface area (Å²) in [6, 6.07) is 22.2. The van der Waals surface area contributed by atoms with Gasteiger partial charge in [0.2, 0.25) is 5.76 Å². The fraction of sp³-hybridized carbons (Fsp3) is 0.154. The number of benzene rings is 3. The van der Waals surface area contributed by atoms with E-state index in [1.54, 1.807) is 30.2 Å². The number of halogens is 1.